The maximum absolute atomic E-state index is 12.5. The summed E-state index contributed by atoms with van der Waals surface area (Å²) in [5, 5.41) is 5.50. The molecule has 134 valence electrons. The molecule has 0 radical (unpaired) electrons. The van der Waals surface area contributed by atoms with Gasteiger partial charge in [-0.05, 0) is 31.9 Å². The number of hydrogen-bond acceptors (Lipinski definition) is 6. The third kappa shape index (κ3) is 3.92. The summed E-state index contributed by atoms with van der Waals surface area (Å²) in [6.45, 7) is 1.88. The minimum atomic E-state index is -0.888. The van der Waals surface area contributed by atoms with E-state index in [9.17, 15) is 9.59 Å². The van der Waals surface area contributed by atoms with Crippen LogP contribution in [0, 0.1) is 6.92 Å². The van der Waals surface area contributed by atoms with Crippen molar-refractivity contribution >= 4 is 23.2 Å². The second-order valence-electron chi connectivity index (χ2n) is 6.41. The molecule has 1 fully saturated rings. The third-order valence-electron chi connectivity index (χ3n) is 4.51. The van der Waals surface area contributed by atoms with Crippen LogP contribution in [0.4, 0.5) is 0 Å². The van der Waals surface area contributed by atoms with Crippen LogP contribution in [0.5, 0.6) is 0 Å². The van der Waals surface area contributed by atoms with Crippen molar-refractivity contribution in [3.63, 3.8) is 0 Å². The number of amides is 1. The Balaban J connectivity index is 1.67. The van der Waals surface area contributed by atoms with Gasteiger partial charge in [0.1, 0.15) is 11.3 Å². The van der Waals surface area contributed by atoms with E-state index >= 15 is 0 Å². The first-order chi connectivity index (χ1) is 12.0. The number of aromatic nitrogens is 1. The van der Waals surface area contributed by atoms with Gasteiger partial charge in [-0.25, -0.2) is 9.78 Å². The fourth-order valence-corrected chi connectivity index (χ4v) is 4.04. The number of ether oxygens (including phenoxy) is 1. The van der Waals surface area contributed by atoms with Gasteiger partial charge in [-0.3, -0.25) is 4.79 Å². The summed E-state index contributed by atoms with van der Waals surface area (Å²) in [4.78, 5) is 29.1. The summed E-state index contributed by atoms with van der Waals surface area (Å²) in [5.41, 5.74) is -0.219. The number of thiazole rings is 1. The summed E-state index contributed by atoms with van der Waals surface area (Å²) in [6, 6.07) is 3.75. The lowest BCUT2D eigenvalue weighted by molar-refractivity contribution is -0.152. The van der Waals surface area contributed by atoms with E-state index in [2.05, 4.69) is 10.3 Å². The molecule has 1 saturated carbocycles. The largest absolute Gasteiger partial charge is 0.467 e. The predicted octanol–water partition coefficient (Wildman–Crippen LogP) is 3.25. The Morgan fingerprint density at radius 1 is 1.32 bits per heavy atom. The van der Waals surface area contributed by atoms with E-state index in [4.69, 9.17) is 9.15 Å². The minimum Gasteiger partial charge on any atom is -0.467 e. The van der Waals surface area contributed by atoms with E-state index in [1.165, 1.54) is 18.4 Å². The van der Waals surface area contributed by atoms with Crippen molar-refractivity contribution in [1.29, 1.82) is 0 Å². The van der Waals surface area contributed by atoms with Crippen LogP contribution in [0.3, 0.4) is 0 Å². The highest BCUT2D eigenvalue weighted by atomic mass is 32.1. The van der Waals surface area contributed by atoms with Gasteiger partial charge < -0.3 is 14.5 Å². The lowest BCUT2D eigenvalue weighted by Gasteiger charge is -2.35. The number of carbonyl (C=O) groups excluding carboxylic acids is 2. The van der Waals surface area contributed by atoms with Gasteiger partial charge >= 0.3 is 5.97 Å². The van der Waals surface area contributed by atoms with Gasteiger partial charge in [-0.15, -0.1) is 11.3 Å². The average Bonchev–Trinajstić information content (AvgIpc) is 3.23. The zero-order valence-electron chi connectivity index (χ0n) is 14.5. The monoisotopic (exact) mass is 362 g/mol. The predicted molar refractivity (Wildman–Crippen MR) is 94.2 cm³/mol. The fourth-order valence-electron chi connectivity index (χ4n) is 3.26. The molecule has 1 N–H and O–H groups in total. The van der Waals surface area contributed by atoms with Crippen molar-refractivity contribution in [2.75, 3.05) is 7.11 Å². The van der Waals surface area contributed by atoms with Crippen LogP contribution in [0.15, 0.2) is 21.9 Å². The quantitative estimate of drug-likeness (QED) is 0.826. The highest BCUT2D eigenvalue weighted by Crippen LogP contribution is 2.30. The minimum absolute atomic E-state index is 0.134. The van der Waals surface area contributed by atoms with E-state index in [1.807, 2.05) is 24.4 Å². The van der Waals surface area contributed by atoms with Crippen molar-refractivity contribution in [3.05, 3.63) is 29.0 Å². The zero-order valence-corrected chi connectivity index (χ0v) is 15.3. The van der Waals surface area contributed by atoms with Crippen LogP contribution >= 0.6 is 11.3 Å². The first-order valence-corrected chi connectivity index (χ1v) is 9.31. The van der Waals surface area contributed by atoms with E-state index in [-0.39, 0.29) is 18.3 Å². The molecule has 6 nitrogen and oxygen atoms in total. The number of nitrogens with one attached hydrogen (secondary N) is 1. The molecule has 0 aromatic carbocycles. The molecule has 0 atom stereocenters. The Morgan fingerprint density at radius 3 is 2.72 bits per heavy atom. The van der Waals surface area contributed by atoms with E-state index in [1.54, 1.807) is 0 Å². The van der Waals surface area contributed by atoms with Crippen LogP contribution in [-0.4, -0.2) is 29.5 Å². The molecule has 2 heterocycles. The van der Waals surface area contributed by atoms with Gasteiger partial charge in [0.25, 0.3) is 0 Å². The van der Waals surface area contributed by atoms with Gasteiger partial charge in [-0.2, -0.15) is 0 Å². The number of nitrogens with zero attached hydrogens (tertiary/aromatic N) is 1. The number of esters is 1. The van der Waals surface area contributed by atoms with E-state index < -0.39 is 5.54 Å². The molecule has 1 amide bonds. The molecular weight excluding hydrogens is 340 g/mol. The van der Waals surface area contributed by atoms with Crippen molar-refractivity contribution in [2.24, 2.45) is 0 Å². The number of hydrogen-bond donors (Lipinski definition) is 1. The molecule has 1 aliphatic rings. The third-order valence-corrected chi connectivity index (χ3v) is 5.41. The lowest BCUT2D eigenvalue weighted by atomic mass is 9.81. The number of aryl methyl sites for hydroxylation is 1. The Bertz CT molecular complexity index is 759. The Hall–Kier alpha value is -2.15. The second-order valence-corrected chi connectivity index (χ2v) is 7.27. The normalized spacial score (nSPS) is 16.4. The summed E-state index contributed by atoms with van der Waals surface area (Å²) in [6.07, 6.45) is 4.28. The Morgan fingerprint density at radius 2 is 2.08 bits per heavy atom. The van der Waals surface area contributed by atoms with Crippen LogP contribution in [0.2, 0.25) is 0 Å². The molecule has 2 aromatic heterocycles. The molecule has 25 heavy (non-hydrogen) atoms. The molecule has 7 heteroatoms. The van der Waals surface area contributed by atoms with Gasteiger partial charge in [0, 0.05) is 5.38 Å². The fraction of sp³-hybridized carbons (Fsp3) is 0.500. The van der Waals surface area contributed by atoms with Gasteiger partial charge in [0.05, 0.1) is 19.2 Å². The Labute approximate surface area is 150 Å². The van der Waals surface area contributed by atoms with Crippen molar-refractivity contribution in [3.8, 4) is 10.8 Å². The molecular formula is C18H22N2O4S. The van der Waals surface area contributed by atoms with Crippen LogP contribution in [0.25, 0.3) is 10.8 Å². The first-order valence-electron chi connectivity index (χ1n) is 8.43. The molecule has 0 unspecified atom stereocenters. The molecule has 0 spiro atoms. The maximum atomic E-state index is 12.5. The number of rotatable bonds is 5. The molecule has 3 rings (SSSR count). The molecule has 0 saturated heterocycles. The first kappa shape index (κ1) is 17.7. The van der Waals surface area contributed by atoms with Gasteiger partial charge in [0.2, 0.25) is 5.91 Å². The summed E-state index contributed by atoms with van der Waals surface area (Å²) in [5.74, 6) is 0.958. The average molecular weight is 362 g/mol. The van der Waals surface area contributed by atoms with Crippen LogP contribution < -0.4 is 5.32 Å². The highest BCUT2D eigenvalue weighted by molar-refractivity contribution is 7.13. The molecule has 2 aromatic rings. The zero-order chi connectivity index (χ0) is 17.9. The SMILES string of the molecule is COC(=O)C1(NC(=O)Cc2csc(-c3ccc(C)o3)n2)CCCCC1. The maximum Gasteiger partial charge on any atom is 0.331 e. The molecule has 0 bridgehead atoms. The standard InChI is InChI=1S/C18H22N2O4S/c1-12-6-7-14(24-12)16-19-13(11-25-16)10-15(21)20-18(17(22)23-2)8-4-3-5-9-18/h6-7,11H,3-5,8-10H2,1-2H3,(H,20,21). The lowest BCUT2D eigenvalue weighted by Crippen LogP contribution is -2.56. The highest BCUT2D eigenvalue weighted by Gasteiger charge is 2.41. The number of carbonyl (C=O) groups is 2. The van der Waals surface area contributed by atoms with Crippen molar-refractivity contribution in [2.45, 2.75) is 51.0 Å². The smallest absolute Gasteiger partial charge is 0.331 e. The van der Waals surface area contributed by atoms with Crippen LogP contribution in [0.1, 0.15) is 43.6 Å². The number of methoxy groups -OCH3 is 1. The van der Waals surface area contributed by atoms with E-state index in [0.29, 0.717) is 24.3 Å². The molecule has 0 aliphatic heterocycles. The summed E-state index contributed by atoms with van der Waals surface area (Å²) < 4.78 is 10.5. The molecule has 1 aliphatic carbocycles. The van der Waals surface area contributed by atoms with Gasteiger partial charge in [-0.1, -0.05) is 19.3 Å². The summed E-state index contributed by atoms with van der Waals surface area (Å²) >= 11 is 1.44. The van der Waals surface area contributed by atoms with E-state index in [0.717, 1.165) is 30.0 Å². The second kappa shape index (κ2) is 7.39. The topological polar surface area (TPSA) is 81.4 Å². The van der Waals surface area contributed by atoms with Crippen molar-refractivity contribution in [1.82, 2.24) is 10.3 Å². The Kier molecular flexibility index (Phi) is 5.22. The van der Waals surface area contributed by atoms with Crippen molar-refractivity contribution < 1.29 is 18.7 Å². The number of furan rings is 1. The summed E-state index contributed by atoms with van der Waals surface area (Å²) in [7, 11) is 1.36. The van der Waals surface area contributed by atoms with Crippen LogP contribution in [-0.2, 0) is 20.7 Å². The van der Waals surface area contributed by atoms with Gasteiger partial charge in [0.15, 0.2) is 10.8 Å².